The molecule has 1 atom stereocenters. The fourth-order valence-electron chi connectivity index (χ4n) is 0.142. The van der Waals surface area contributed by atoms with Crippen molar-refractivity contribution in [3.8, 4) is 0 Å². The molecule has 0 aromatic heterocycles. The van der Waals surface area contributed by atoms with Gasteiger partial charge in [0.15, 0.2) is 0 Å². The largest absolute Gasteiger partial charge is 0.252 e. The van der Waals surface area contributed by atoms with Gasteiger partial charge in [-0.15, -0.1) is 0 Å². The summed E-state index contributed by atoms with van der Waals surface area (Å²) in [6.07, 6.45) is 2.85. The Hall–Kier alpha value is -0.0800. The summed E-state index contributed by atoms with van der Waals surface area (Å²) >= 11 is 0. The third-order valence-electron chi connectivity index (χ3n) is 0.564. The first-order valence-electron chi connectivity index (χ1n) is 1.57. The van der Waals surface area contributed by atoms with Crippen LogP contribution in [0.1, 0.15) is 6.42 Å². The first-order chi connectivity index (χ1) is 2.43. The molecule has 0 aromatic rings. The average Bonchev–Trinajstić information content (AvgIpc) is 2.12. The lowest BCUT2D eigenvalue weighted by atomic mass is 10.9. The van der Waals surface area contributed by atoms with Gasteiger partial charge in [-0.3, -0.25) is 5.26 Å². The van der Waals surface area contributed by atoms with Crippen LogP contribution in [0.4, 0.5) is 0 Å². The molecule has 0 aromatic carbocycles. The Balaban J connectivity index is 2.00. The van der Waals surface area contributed by atoms with Gasteiger partial charge in [-0.05, 0) is 12.8 Å². The van der Waals surface area contributed by atoms with Gasteiger partial charge < -0.3 is 0 Å². The van der Waals surface area contributed by atoms with Crippen LogP contribution in [-0.4, -0.2) is 11.4 Å². The van der Waals surface area contributed by atoms with E-state index in [4.69, 9.17) is 5.26 Å². The molecule has 0 heterocycles. The first-order valence-corrected chi connectivity index (χ1v) is 1.57. The molecule has 1 aliphatic rings. The van der Waals surface area contributed by atoms with E-state index in [1.807, 2.05) is 6.42 Å². The van der Waals surface area contributed by atoms with E-state index < -0.39 is 0 Å². The molecule has 1 radical (unpaired) electrons. The number of rotatable bonds is 1. The highest BCUT2D eigenvalue weighted by atomic mass is 17.1. The van der Waals surface area contributed by atoms with E-state index in [-0.39, 0.29) is 6.10 Å². The Kier molecular flexibility index (Phi) is 0.596. The Labute approximate surface area is 30.3 Å². The minimum Gasteiger partial charge on any atom is -0.252 e. The molecule has 1 unspecified atom stereocenters. The average molecular weight is 73.1 g/mol. The predicted molar refractivity (Wildman–Crippen MR) is 16.4 cm³/mol. The second-order valence-electron chi connectivity index (χ2n) is 1.12. The van der Waals surface area contributed by atoms with Crippen molar-refractivity contribution in [1.82, 2.24) is 0 Å². The van der Waals surface area contributed by atoms with Crippen LogP contribution in [0.2, 0.25) is 0 Å². The third-order valence-corrected chi connectivity index (χ3v) is 0.564. The highest BCUT2D eigenvalue weighted by molar-refractivity contribution is 4.95. The summed E-state index contributed by atoms with van der Waals surface area (Å²) in [5, 5.41) is 7.67. The van der Waals surface area contributed by atoms with Crippen molar-refractivity contribution in [2.24, 2.45) is 0 Å². The lowest BCUT2D eigenvalue weighted by Crippen LogP contribution is -1.81. The number of hydrogen-bond donors (Lipinski definition) is 1. The summed E-state index contributed by atoms with van der Waals surface area (Å²) in [6, 6.07) is 0. The van der Waals surface area contributed by atoms with E-state index >= 15 is 0 Å². The maximum Gasteiger partial charge on any atom is 0.0963 e. The summed E-state index contributed by atoms with van der Waals surface area (Å²) in [5.41, 5.74) is 0. The maximum atomic E-state index is 7.67. The van der Waals surface area contributed by atoms with Gasteiger partial charge in [0.25, 0.3) is 0 Å². The van der Waals surface area contributed by atoms with Gasteiger partial charge in [0.1, 0.15) is 0 Å². The predicted octanol–water partition coefficient (Wildman–Crippen LogP) is 0.453. The van der Waals surface area contributed by atoms with Crippen LogP contribution in [0, 0.1) is 6.42 Å². The summed E-state index contributed by atoms with van der Waals surface area (Å²) < 4.78 is 0. The van der Waals surface area contributed by atoms with Crippen LogP contribution in [0.15, 0.2) is 0 Å². The van der Waals surface area contributed by atoms with Crippen LogP contribution < -0.4 is 0 Å². The normalized spacial score (nSPS) is 23.4. The van der Waals surface area contributed by atoms with E-state index in [1.54, 1.807) is 0 Å². The minimum absolute atomic E-state index is 0.0648. The van der Waals surface area contributed by atoms with E-state index in [9.17, 15) is 0 Å². The van der Waals surface area contributed by atoms with Crippen LogP contribution in [0.3, 0.4) is 0 Å². The minimum atomic E-state index is 0.0648. The lowest BCUT2D eigenvalue weighted by molar-refractivity contribution is -0.249. The zero-order valence-electron chi connectivity index (χ0n) is 2.72. The standard InChI is InChI=1S/C3H5O2/c4-5-3-1-2-3/h1,3-4H,2H2. The number of hydrogen-bond acceptors (Lipinski definition) is 2. The molecule has 29 valence electrons. The Morgan fingerprint density at radius 1 is 2.00 bits per heavy atom. The molecule has 1 N–H and O–H groups in total. The molecule has 2 nitrogen and oxygen atoms in total. The van der Waals surface area contributed by atoms with E-state index in [0.717, 1.165) is 6.42 Å². The second-order valence-corrected chi connectivity index (χ2v) is 1.12. The molecule has 0 saturated heterocycles. The Morgan fingerprint density at radius 2 is 2.60 bits per heavy atom. The van der Waals surface area contributed by atoms with Crippen molar-refractivity contribution in [2.45, 2.75) is 12.5 Å². The molecular formula is C3H5O2. The third kappa shape index (κ3) is 0.597. The Morgan fingerprint density at radius 3 is 2.60 bits per heavy atom. The van der Waals surface area contributed by atoms with Crippen molar-refractivity contribution >= 4 is 0 Å². The second kappa shape index (κ2) is 0.954. The van der Waals surface area contributed by atoms with Crippen LogP contribution >= 0.6 is 0 Å². The van der Waals surface area contributed by atoms with Gasteiger partial charge in [-0.2, -0.15) is 0 Å². The fourth-order valence-corrected chi connectivity index (χ4v) is 0.142. The smallest absolute Gasteiger partial charge is 0.0963 e. The van der Waals surface area contributed by atoms with Crippen molar-refractivity contribution in [3.05, 3.63) is 6.42 Å². The van der Waals surface area contributed by atoms with Gasteiger partial charge in [0, 0.05) is 0 Å². The van der Waals surface area contributed by atoms with Gasteiger partial charge in [0.2, 0.25) is 0 Å². The fraction of sp³-hybridized carbons (Fsp3) is 0.667. The molecule has 1 rings (SSSR count). The molecule has 0 bridgehead atoms. The summed E-state index contributed by atoms with van der Waals surface area (Å²) in [5.74, 6) is 0. The molecule has 1 fully saturated rings. The highest BCUT2D eigenvalue weighted by Crippen LogP contribution is 2.19. The summed E-state index contributed by atoms with van der Waals surface area (Å²) in [4.78, 5) is 3.81. The van der Waals surface area contributed by atoms with Crippen LogP contribution in [-0.2, 0) is 4.89 Å². The monoisotopic (exact) mass is 73.0 g/mol. The molecule has 1 saturated carbocycles. The summed E-state index contributed by atoms with van der Waals surface area (Å²) in [7, 11) is 0. The molecule has 2 heteroatoms. The quantitative estimate of drug-likeness (QED) is 0.360. The molecule has 0 spiro atoms. The Bertz CT molecular complexity index is 31.9. The zero-order valence-corrected chi connectivity index (χ0v) is 2.72. The van der Waals surface area contributed by atoms with Crippen LogP contribution in [0.25, 0.3) is 0 Å². The molecule has 1 aliphatic carbocycles. The first kappa shape index (κ1) is 3.12. The maximum absolute atomic E-state index is 7.67. The topological polar surface area (TPSA) is 29.5 Å². The van der Waals surface area contributed by atoms with Crippen molar-refractivity contribution in [1.29, 1.82) is 0 Å². The lowest BCUT2D eigenvalue weighted by Gasteiger charge is -1.77. The molecule has 0 aliphatic heterocycles. The molecule has 0 amide bonds. The van der Waals surface area contributed by atoms with Crippen LogP contribution in [0.5, 0.6) is 0 Å². The molecule has 5 heavy (non-hydrogen) atoms. The van der Waals surface area contributed by atoms with Gasteiger partial charge in [-0.25, -0.2) is 4.89 Å². The van der Waals surface area contributed by atoms with Gasteiger partial charge >= 0.3 is 0 Å². The van der Waals surface area contributed by atoms with E-state index in [1.165, 1.54) is 0 Å². The van der Waals surface area contributed by atoms with Crippen molar-refractivity contribution in [2.75, 3.05) is 0 Å². The SMILES string of the molecule is OOC1[CH]C1. The van der Waals surface area contributed by atoms with Gasteiger partial charge in [0.05, 0.1) is 6.10 Å². The molecular weight excluding hydrogens is 68.0 g/mol. The van der Waals surface area contributed by atoms with Crippen molar-refractivity contribution in [3.63, 3.8) is 0 Å². The van der Waals surface area contributed by atoms with E-state index in [2.05, 4.69) is 4.89 Å². The zero-order chi connectivity index (χ0) is 3.70. The summed E-state index contributed by atoms with van der Waals surface area (Å²) in [6.45, 7) is 0. The van der Waals surface area contributed by atoms with Crippen molar-refractivity contribution < 1.29 is 10.1 Å². The van der Waals surface area contributed by atoms with Gasteiger partial charge in [-0.1, -0.05) is 0 Å². The van der Waals surface area contributed by atoms with E-state index in [0.29, 0.717) is 0 Å². The highest BCUT2D eigenvalue weighted by Gasteiger charge is 2.22.